The van der Waals surface area contributed by atoms with E-state index in [4.69, 9.17) is 10.8 Å². The third-order valence-electron chi connectivity index (χ3n) is 1.34. The molecule has 5 nitrogen and oxygen atoms in total. The number of nitro groups is 1. The lowest BCUT2D eigenvalue weighted by Crippen LogP contribution is -1.95. The summed E-state index contributed by atoms with van der Waals surface area (Å²) in [5, 5.41) is 19.1. The van der Waals surface area contributed by atoms with Crippen LogP contribution in [0.3, 0.4) is 0 Å². The van der Waals surface area contributed by atoms with Gasteiger partial charge < -0.3 is 10.8 Å². The van der Waals surface area contributed by atoms with Crippen molar-refractivity contribution in [3.05, 3.63) is 28.1 Å². The number of phenols is 1. The summed E-state index contributed by atoms with van der Waals surface area (Å²) in [5.74, 6) is -1.71. The number of aromatic hydroxyl groups is 1. The van der Waals surface area contributed by atoms with E-state index in [-0.39, 0.29) is 0 Å². The molecule has 0 heterocycles. The molecule has 0 atom stereocenters. The van der Waals surface area contributed by atoms with E-state index in [0.29, 0.717) is 0 Å². The van der Waals surface area contributed by atoms with Crippen LogP contribution in [0.25, 0.3) is 0 Å². The average molecular weight is 172 g/mol. The van der Waals surface area contributed by atoms with Crippen molar-refractivity contribution >= 4 is 11.4 Å². The second-order valence-corrected chi connectivity index (χ2v) is 2.09. The highest BCUT2D eigenvalue weighted by molar-refractivity contribution is 5.63. The maximum Gasteiger partial charge on any atom is 0.313 e. The minimum Gasteiger partial charge on any atom is -0.501 e. The summed E-state index contributed by atoms with van der Waals surface area (Å²) in [6.07, 6.45) is 0. The number of hydrogen-bond donors (Lipinski definition) is 2. The van der Waals surface area contributed by atoms with Gasteiger partial charge in [0.15, 0.2) is 0 Å². The molecule has 1 rings (SSSR count). The van der Waals surface area contributed by atoms with E-state index in [9.17, 15) is 14.5 Å². The zero-order chi connectivity index (χ0) is 9.30. The van der Waals surface area contributed by atoms with Crippen LogP contribution in [0.2, 0.25) is 0 Å². The molecule has 1 aromatic carbocycles. The van der Waals surface area contributed by atoms with Crippen LogP contribution in [0.4, 0.5) is 15.8 Å². The molecule has 0 saturated heterocycles. The summed E-state index contributed by atoms with van der Waals surface area (Å²) in [7, 11) is 0. The first kappa shape index (κ1) is 8.25. The Morgan fingerprint density at radius 3 is 2.67 bits per heavy atom. The van der Waals surface area contributed by atoms with Gasteiger partial charge in [-0.05, 0) is 6.07 Å². The number of phenolic OH excluding ortho intramolecular Hbond substituents is 1. The molecule has 6 heteroatoms. The van der Waals surface area contributed by atoms with Gasteiger partial charge in [-0.2, -0.15) is 0 Å². The van der Waals surface area contributed by atoms with Gasteiger partial charge in [-0.25, -0.2) is 4.39 Å². The Balaban J connectivity index is 3.36. The van der Waals surface area contributed by atoms with Gasteiger partial charge in [0.2, 0.25) is 5.75 Å². The number of nitrogens with zero attached hydrogens (tertiary/aromatic N) is 1. The van der Waals surface area contributed by atoms with Gasteiger partial charge in [-0.1, -0.05) is 0 Å². The van der Waals surface area contributed by atoms with Crippen molar-refractivity contribution in [1.29, 1.82) is 0 Å². The Kier molecular flexibility index (Phi) is 1.82. The van der Waals surface area contributed by atoms with Crippen LogP contribution in [0, 0.1) is 15.9 Å². The van der Waals surface area contributed by atoms with Gasteiger partial charge in [0, 0.05) is 6.07 Å². The fourth-order valence-corrected chi connectivity index (χ4v) is 0.719. The second-order valence-electron chi connectivity index (χ2n) is 2.09. The van der Waals surface area contributed by atoms with Gasteiger partial charge in [0.05, 0.1) is 4.92 Å². The lowest BCUT2D eigenvalue weighted by atomic mass is 10.2. The van der Waals surface area contributed by atoms with Crippen LogP contribution in [0.5, 0.6) is 5.75 Å². The topological polar surface area (TPSA) is 89.4 Å². The summed E-state index contributed by atoms with van der Waals surface area (Å²) < 4.78 is 12.5. The molecule has 0 radical (unpaired) electrons. The van der Waals surface area contributed by atoms with Crippen molar-refractivity contribution in [3.63, 3.8) is 0 Å². The van der Waals surface area contributed by atoms with Gasteiger partial charge in [-0.3, -0.25) is 10.1 Å². The molecule has 0 aromatic heterocycles. The van der Waals surface area contributed by atoms with E-state index < -0.39 is 27.9 Å². The Hall–Kier alpha value is -1.85. The van der Waals surface area contributed by atoms with Crippen LogP contribution in [-0.2, 0) is 0 Å². The molecule has 0 spiro atoms. The Labute approximate surface area is 66.4 Å². The first-order valence-electron chi connectivity index (χ1n) is 2.95. The Morgan fingerprint density at radius 1 is 1.58 bits per heavy atom. The predicted molar refractivity (Wildman–Crippen MR) is 39.1 cm³/mol. The van der Waals surface area contributed by atoms with Crippen LogP contribution in [-0.4, -0.2) is 10.0 Å². The zero-order valence-corrected chi connectivity index (χ0v) is 5.82. The van der Waals surface area contributed by atoms with E-state index in [0.717, 1.165) is 12.1 Å². The minimum absolute atomic E-state index is 0.603. The quantitative estimate of drug-likeness (QED) is 0.286. The molecule has 0 bridgehead atoms. The maximum atomic E-state index is 12.5. The van der Waals surface area contributed by atoms with Crippen molar-refractivity contribution in [2.45, 2.75) is 0 Å². The highest BCUT2D eigenvalue weighted by Gasteiger charge is 2.17. The van der Waals surface area contributed by atoms with E-state index in [1.54, 1.807) is 0 Å². The van der Waals surface area contributed by atoms with Crippen molar-refractivity contribution in [1.82, 2.24) is 0 Å². The average Bonchev–Trinajstić information content (AvgIpc) is 2.00. The molecule has 0 aliphatic rings. The molecule has 0 amide bonds. The van der Waals surface area contributed by atoms with E-state index in [1.807, 2.05) is 0 Å². The number of nitro benzene ring substituents is 1. The van der Waals surface area contributed by atoms with E-state index >= 15 is 0 Å². The van der Waals surface area contributed by atoms with Crippen molar-refractivity contribution < 1.29 is 14.4 Å². The number of nitrogen functional groups attached to an aromatic ring is 1. The fraction of sp³-hybridized carbons (Fsp3) is 0. The molecule has 12 heavy (non-hydrogen) atoms. The molecule has 0 fully saturated rings. The first-order chi connectivity index (χ1) is 5.54. The molecule has 64 valence electrons. The Morgan fingerprint density at radius 2 is 2.17 bits per heavy atom. The maximum absolute atomic E-state index is 12.5. The lowest BCUT2D eigenvalue weighted by molar-refractivity contribution is -0.385. The Bertz CT molecular complexity index is 340. The highest BCUT2D eigenvalue weighted by atomic mass is 19.1. The monoisotopic (exact) mass is 172 g/mol. The lowest BCUT2D eigenvalue weighted by Gasteiger charge is -1.99. The third kappa shape index (κ3) is 1.14. The van der Waals surface area contributed by atoms with Gasteiger partial charge >= 0.3 is 5.69 Å². The molecule has 1 aromatic rings. The number of hydrogen-bond acceptors (Lipinski definition) is 4. The van der Waals surface area contributed by atoms with E-state index in [2.05, 4.69) is 0 Å². The van der Waals surface area contributed by atoms with Crippen LogP contribution < -0.4 is 5.73 Å². The van der Waals surface area contributed by atoms with Crippen LogP contribution in [0.15, 0.2) is 12.1 Å². The molecule has 0 unspecified atom stereocenters. The summed E-state index contributed by atoms with van der Waals surface area (Å²) >= 11 is 0. The predicted octanol–water partition coefficient (Wildman–Crippen LogP) is 1.02. The smallest absolute Gasteiger partial charge is 0.313 e. The minimum atomic E-state index is -0.877. The van der Waals surface area contributed by atoms with Crippen LogP contribution >= 0.6 is 0 Å². The molecule has 0 aliphatic carbocycles. The van der Waals surface area contributed by atoms with Crippen molar-refractivity contribution in [2.75, 3.05) is 5.73 Å². The number of halogens is 1. The van der Waals surface area contributed by atoms with Crippen LogP contribution in [0.1, 0.15) is 0 Å². The fourth-order valence-electron chi connectivity index (χ4n) is 0.719. The highest BCUT2D eigenvalue weighted by Crippen LogP contribution is 2.32. The largest absolute Gasteiger partial charge is 0.501 e. The molecule has 0 saturated carbocycles. The van der Waals surface area contributed by atoms with Crippen molar-refractivity contribution in [2.24, 2.45) is 0 Å². The molecular formula is C6H5FN2O3. The number of benzene rings is 1. The molecule has 0 aliphatic heterocycles. The number of rotatable bonds is 1. The van der Waals surface area contributed by atoms with Gasteiger partial charge in [0.1, 0.15) is 11.5 Å². The van der Waals surface area contributed by atoms with Gasteiger partial charge in [0.25, 0.3) is 0 Å². The summed E-state index contributed by atoms with van der Waals surface area (Å²) in [4.78, 5) is 9.31. The first-order valence-corrected chi connectivity index (χ1v) is 2.95. The third-order valence-corrected chi connectivity index (χ3v) is 1.34. The van der Waals surface area contributed by atoms with Gasteiger partial charge in [-0.15, -0.1) is 0 Å². The number of nitrogens with two attached hydrogens (primary N) is 1. The zero-order valence-electron chi connectivity index (χ0n) is 5.82. The van der Waals surface area contributed by atoms with E-state index in [1.165, 1.54) is 0 Å². The normalized spacial score (nSPS) is 9.75. The number of anilines is 1. The molecule has 3 N–H and O–H groups in total. The summed E-state index contributed by atoms with van der Waals surface area (Å²) in [5.41, 5.74) is 3.78. The molecular weight excluding hydrogens is 167 g/mol. The summed E-state index contributed by atoms with van der Waals surface area (Å²) in [6, 6.07) is 1.67. The second kappa shape index (κ2) is 2.65. The SMILES string of the molecule is Nc1c(F)ccc([N+](=O)[O-])c1O. The summed E-state index contributed by atoms with van der Waals surface area (Å²) in [6.45, 7) is 0. The van der Waals surface area contributed by atoms with Crippen molar-refractivity contribution in [3.8, 4) is 5.75 Å². The standard InChI is InChI=1S/C6H5FN2O3/c7-3-1-2-4(9(11)12)6(10)5(3)8/h1-2,10H,8H2.